The standard InChI is InChI=1S/C10H15N3O2/c1-10(2,3)7-4-6(13(14)15)5-8(11)9(7)12/h4-5H,11-12H2,1-3H3. The van der Waals surface area contributed by atoms with Crippen molar-refractivity contribution in [3.8, 4) is 0 Å². The van der Waals surface area contributed by atoms with Gasteiger partial charge in [-0.3, -0.25) is 10.1 Å². The molecule has 0 spiro atoms. The van der Waals surface area contributed by atoms with Crippen molar-refractivity contribution in [2.45, 2.75) is 26.2 Å². The predicted molar refractivity (Wildman–Crippen MR) is 60.6 cm³/mol. The average molecular weight is 209 g/mol. The number of nitrogens with zero attached hydrogens (tertiary/aromatic N) is 1. The molecule has 0 aliphatic rings. The number of rotatable bonds is 1. The van der Waals surface area contributed by atoms with Crippen molar-refractivity contribution in [2.75, 3.05) is 11.5 Å². The fourth-order valence-corrected chi connectivity index (χ4v) is 1.39. The molecule has 0 unspecified atom stereocenters. The van der Waals surface area contributed by atoms with Gasteiger partial charge in [-0.2, -0.15) is 0 Å². The molecule has 4 N–H and O–H groups in total. The van der Waals surface area contributed by atoms with Gasteiger partial charge < -0.3 is 11.5 Å². The molecule has 0 fully saturated rings. The molecule has 5 heteroatoms. The molecule has 0 aromatic heterocycles. The summed E-state index contributed by atoms with van der Waals surface area (Å²) >= 11 is 0. The molecule has 0 saturated heterocycles. The second-order valence-corrected chi connectivity index (χ2v) is 4.50. The molecule has 1 aromatic carbocycles. The molecule has 0 radical (unpaired) electrons. The van der Waals surface area contributed by atoms with Gasteiger partial charge in [0.1, 0.15) is 0 Å². The Kier molecular flexibility index (Phi) is 2.57. The van der Waals surface area contributed by atoms with Crippen LogP contribution >= 0.6 is 0 Å². The highest BCUT2D eigenvalue weighted by Crippen LogP contribution is 2.34. The number of hydrogen-bond donors (Lipinski definition) is 2. The molecule has 1 aromatic rings. The number of hydrogen-bond acceptors (Lipinski definition) is 4. The van der Waals surface area contributed by atoms with Crippen LogP contribution in [0.3, 0.4) is 0 Å². The van der Waals surface area contributed by atoms with E-state index in [0.717, 1.165) is 0 Å². The normalized spacial score (nSPS) is 11.4. The van der Waals surface area contributed by atoms with Gasteiger partial charge in [0.05, 0.1) is 16.3 Å². The van der Waals surface area contributed by atoms with Crippen molar-refractivity contribution in [2.24, 2.45) is 0 Å². The number of nitrogen functional groups attached to an aromatic ring is 2. The lowest BCUT2D eigenvalue weighted by Crippen LogP contribution is -2.15. The second kappa shape index (κ2) is 3.42. The minimum Gasteiger partial charge on any atom is -0.397 e. The van der Waals surface area contributed by atoms with Crippen LogP contribution in [0.15, 0.2) is 12.1 Å². The Bertz CT molecular complexity index is 408. The number of nitrogens with two attached hydrogens (primary N) is 2. The highest BCUT2D eigenvalue weighted by Gasteiger charge is 2.22. The van der Waals surface area contributed by atoms with Gasteiger partial charge in [0.15, 0.2) is 0 Å². The van der Waals surface area contributed by atoms with Crippen LogP contribution in [-0.4, -0.2) is 4.92 Å². The lowest BCUT2D eigenvalue weighted by molar-refractivity contribution is -0.384. The van der Waals surface area contributed by atoms with E-state index in [9.17, 15) is 10.1 Å². The average Bonchev–Trinajstić information content (AvgIpc) is 2.06. The van der Waals surface area contributed by atoms with Crippen LogP contribution in [0.25, 0.3) is 0 Å². The third-order valence-corrected chi connectivity index (χ3v) is 2.22. The van der Waals surface area contributed by atoms with Gasteiger partial charge in [0.25, 0.3) is 5.69 Å². The molecule has 0 bridgehead atoms. The summed E-state index contributed by atoms with van der Waals surface area (Å²) in [6.07, 6.45) is 0. The summed E-state index contributed by atoms with van der Waals surface area (Å²) in [5.74, 6) is 0. The zero-order valence-electron chi connectivity index (χ0n) is 9.07. The molecule has 0 heterocycles. The van der Waals surface area contributed by atoms with Crippen molar-refractivity contribution >= 4 is 17.1 Å². The maximum Gasteiger partial charge on any atom is 0.271 e. The lowest BCUT2D eigenvalue weighted by Gasteiger charge is -2.21. The first kappa shape index (κ1) is 11.3. The van der Waals surface area contributed by atoms with Crippen LogP contribution in [0, 0.1) is 10.1 Å². The van der Waals surface area contributed by atoms with Crippen LogP contribution in [0.5, 0.6) is 0 Å². The summed E-state index contributed by atoms with van der Waals surface area (Å²) in [5, 5.41) is 10.7. The van der Waals surface area contributed by atoms with Crippen molar-refractivity contribution in [1.29, 1.82) is 0 Å². The molecule has 0 atom stereocenters. The van der Waals surface area contributed by atoms with Gasteiger partial charge in [0, 0.05) is 12.1 Å². The van der Waals surface area contributed by atoms with Crippen LogP contribution in [0.1, 0.15) is 26.3 Å². The zero-order valence-corrected chi connectivity index (χ0v) is 9.07. The monoisotopic (exact) mass is 209 g/mol. The third-order valence-electron chi connectivity index (χ3n) is 2.22. The molecule has 15 heavy (non-hydrogen) atoms. The zero-order chi connectivity index (χ0) is 11.8. The maximum atomic E-state index is 10.7. The fraction of sp³-hybridized carbons (Fsp3) is 0.400. The molecule has 5 nitrogen and oxygen atoms in total. The quantitative estimate of drug-likeness (QED) is 0.420. The summed E-state index contributed by atoms with van der Waals surface area (Å²) in [5.41, 5.74) is 12.5. The van der Waals surface area contributed by atoms with Gasteiger partial charge in [-0.25, -0.2) is 0 Å². The van der Waals surface area contributed by atoms with E-state index in [2.05, 4.69) is 0 Å². The Morgan fingerprint density at radius 1 is 1.27 bits per heavy atom. The highest BCUT2D eigenvalue weighted by molar-refractivity contribution is 5.72. The molecular formula is C10H15N3O2. The minimum absolute atomic E-state index is 0.0216. The van der Waals surface area contributed by atoms with Crippen LogP contribution in [-0.2, 0) is 5.41 Å². The first-order chi connectivity index (χ1) is 6.73. The summed E-state index contributed by atoms with van der Waals surface area (Å²) in [4.78, 5) is 10.2. The van der Waals surface area contributed by atoms with E-state index >= 15 is 0 Å². The van der Waals surface area contributed by atoms with E-state index in [0.29, 0.717) is 11.3 Å². The summed E-state index contributed by atoms with van der Waals surface area (Å²) < 4.78 is 0. The van der Waals surface area contributed by atoms with E-state index in [-0.39, 0.29) is 16.8 Å². The molecule has 0 amide bonds. The van der Waals surface area contributed by atoms with Crippen molar-refractivity contribution in [3.63, 3.8) is 0 Å². The lowest BCUT2D eigenvalue weighted by atomic mass is 9.85. The first-order valence-electron chi connectivity index (χ1n) is 4.57. The smallest absolute Gasteiger partial charge is 0.271 e. The predicted octanol–water partition coefficient (Wildman–Crippen LogP) is 2.06. The van der Waals surface area contributed by atoms with Gasteiger partial charge >= 0.3 is 0 Å². The van der Waals surface area contributed by atoms with Gasteiger partial charge in [0.2, 0.25) is 0 Å². The van der Waals surface area contributed by atoms with Crippen molar-refractivity contribution < 1.29 is 4.92 Å². The first-order valence-corrected chi connectivity index (χ1v) is 4.57. The molecular weight excluding hydrogens is 194 g/mol. The van der Waals surface area contributed by atoms with Crippen molar-refractivity contribution in [3.05, 3.63) is 27.8 Å². The van der Waals surface area contributed by atoms with Crippen LogP contribution in [0.4, 0.5) is 17.1 Å². The number of nitro benzene ring substituents is 1. The number of benzene rings is 1. The summed E-state index contributed by atoms with van der Waals surface area (Å²) in [6.45, 7) is 5.80. The third kappa shape index (κ3) is 2.18. The van der Waals surface area contributed by atoms with Crippen molar-refractivity contribution in [1.82, 2.24) is 0 Å². The van der Waals surface area contributed by atoms with Crippen LogP contribution in [0.2, 0.25) is 0 Å². The van der Waals surface area contributed by atoms with E-state index in [1.54, 1.807) is 0 Å². The second-order valence-electron chi connectivity index (χ2n) is 4.50. The summed E-state index contributed by atoms with van der Waals surface area (Å²) in [7, 11) is 0. The Balaban J connectivity index is 3.45. The fourth-order valence-electron chi connectivity index (χ4n) is 1.39. The van der Waals surface area contributed by atoms with Gasteiger partial charge in [-0.1, -0.05) is 20.8 Å². The van der Waals surface area contributed by atoms with E-state index in [1.807, 2.05) is 20.8 Å². The minimum atomic E-state index is -0.467. The highest BCUT2D eigenvalue weighted by atomic mass is 16.6. The van der Waals surface area contributed by atoms with E-state index in [4.69, 9.17) is 11.5 Å². The Hall–Kier alpha value is -1.78. The number of nitro groups is 1. The molecule has 0 aliphatic heterocycles. The molecule has 1 rings (SSSR count). The Morgan fingerprint density at radius 3 is 2.20 bits per heavy atom. The molecule has 82 valence electrons. The molecule has 0 aliphatic carbocycles. The van der Waals surface area contributed by atoms with E-state index in [1.165, 1.54) is 12.1 Å². The Labute approximate surface area is 88.2 Å². The Morgan fingerprint density at radius 2 is 1.80 bits per heavy atom. The summed E-state index contributed by atoms with van der Waals surface area (Å²) in [6, 6.07) is 2.76. The number of non-ortho nitro benzene ring substituents is 1. The van der Waals surface area contributed by atoms with Gasteiger partial charge in [-0.05, 0) is 11.0 Å². The maximum absolute atomic E-state index is 10.7. The van der Waals surface area contributed by atoms with Gasteiger partial charge in [-0.15, -0.1) is 0 Å². The van der Waals surface area contributed by atoms with Crippen LogP contribution < -0.4 is 11.5 Å². The number of anilines is 2. The largest absolute Gasteiger partial charge is 0.397 e. The SMILES string of the molecule is CC(C)(C)c1cc([N+](=O)[O-])cc(N)c1N. The molecule has 0 saturated carbocycles. The topological polar surface area (TPSA) is 95.2 Å². The van der Waals surface area contributed by atoms with E-state index < -0.39 is 4.92 Å².